The summed E-state index contributed by atoms with van der Waals surface area (Å²) in [6.07, 6.45) is 3.72. The lowest BCUT2D eigenvalue weighted by Gasteiger charge is -2.23. The molecule has 1 heterocycles. The van der Waals surface area contributed by atoms with Crippen LogP contribution in [0.25, 0.3) is 11.3 Å². The highest BCUT2D eigenvalue weighted by Crippen LogP contribution is 2.60. The van der Waals surface area contributed by atoms with Crippen molar-refractivity contribution in [3.05, 3.63) is 23.3 Å². The van der Waals surface area contributed by atoms with E-state index in [4.69, 9.17) is 15.2 Å². The van der Waals surface area contributed by atoms with Gasteiger partial charge in [-0.2, -0.15) is 5.10 Å². The number of benzene rings is 1. The quantitative estimate of drug-likeness (QED) is 0.909. The van der Waals surface area contributed by atoms with E-state index in [1.165, 1.54) is 30.4 Å². The van der Waals surface area contributed by atoms with Crippen molar-refractivity contribution < 1.29 is 9.47 Å². The highest BCUT2D eigenvalue weighted by atomic mass is 16.5. The van der Waals surface area contributed by atoms with Gasteiger partial charge in [0.25, 0.3) is 0 Å². The second-order valence-electron chi connectivity index (χ2n) is 5.90. The van der Waals surface area contributed by atoms with Crippen LogP contribution in [0.1, 0.15) is 42.2 Å². The molecule has 2 aromatic rings. The van der Waals surface area contributed by atoms with Gasteiger partial charge in [-0.1, -0.05) is 0 Å². The van der Waals surface area contributed by atoms with Crippen LogP contribution in [0.15, 0.2) is 12.1 Å². The fraction of sp³-hybridized carbons (Fsp3) is 0.438. The highest BCUT2D eigenvalue weighted by Gasteiger charge is 2.42. The fourth-order valence-corrected chi connectivity index (χ4v) is 4.07. The van der Waals surface area contributed by atoms with Crippen molar-refractivity contribution in [2.45, 2.75) is 31.1 Å². The van der Waals surface area contributed by atoms with Gasteiger partial charge >= 0.3 is 0 Å². The number of nitrogens with one attached hydrogen (secondary N) is 1. The fourth-order valence-electron chi connectivity index (χ4n) is 4.07. The van der Waals surface area contributed by atoms with Gasteiger partial charge in [0.05, 0.1) is 19.9 Å². The molecule has 2 aliphatic rings. The van der Waals surface area contributed by atoms with Crippen LogP contribution in [0.4, 0.5) is 5.82 Å². The predicted molar refractivity (Wildman–Crippen MR) is 80.9 cm³/mol. The van der Waals surface area contributed by atoms with Gasteiger partial charge in [-0.05, 0) is 37.2 Å². The maximum absolute atomic E-state index is 5.76. The van der Waals surface area contributed by atoms with E-state index in [1.54, 1.807) is 14.2 Å². The SMILES string of the molecule is COc1cc(-c2cc(N)n[nH]2)c(OC)c2c1C1CCC2C1. The van der Waals surface area contributed by atoms with Crippen LogP contribution < -0.4 is 15.2 Å². The number of hydrogen-bond donors (Lipinski definition) is 2. The Balaban J connectivity index is 1.98. The number of nitrogens with two attached hydrogens (primary N) is 1. The van der Waals surface area contributed by atoms with Gasteiger partial charge in [0, 0.05) is 22.8 Å². The molecule has 5 heteroatoms. The maximum atomic E-state index is 5.76. The van der Waals surface area contributed by atoms with Gasteiger partial charge in [-0.25, -0.2) is 0 Å². The standard InChI is InChI=1S/C16H19N3O2/c1-20-12-6-10(11-7-13(17)19-18-11)16(21-2)15-9-4-3-8(5-9)14(12)15/h6-9H,3-5H2,1-2H3,(H3,17,18,19). The zero-order valence-corrected chi connectivity index (χ0v) is 12.3. The number of methoxy groups -OCH3 is 2. The Morgan fingerprint density at radius 2 is 1.90 bits per heavy atom. The summed E-state index contributed by atoms with van der Waals surface area (Å²) in [7, 11) is 3.47. The van der Waals surface area contributed by atoms with Gasteiger partial charge < -0.3 is 15.2 Å². The molecule has 0 radical (unpaired) electrons. The molecule has 0 aliphatic heterocycles. The molecule has 2 atom stereocenters. The first-order valence-electron chi connectivity index (χ1n) is 7.33. The van der Waals surface area contributed by atoms with Gasteiger partial charge in [0.15, 0.2) is 0 Å². The number of aromatic nitrogens is 2. The number of anilines is 1. The molecule has 1 aromatic carbocycles. The third-order valence-corrected chi connectivity index (χ3v) is 4.88. The average Bonchev–Trinajstić information content (AvgIpc) is 3.21. The van der Waals surface area contributed by atoms with Crippen LogP contribution in [-0.4, -0.2) is 24.4 Å². The number of nitrogen functional groups attached to an aromatic ring is 1. The van der Waals surface area contributed by atoms with E-state index < -0.39 is 0 Å². The molecule has 21 heavy (non-hydrogen) atoms. The largest absolute Gasteiger partial charge is 0.496 e. The number of fused-ring (bicyclic) bond motifs is 5. The van der Waals surface area contributed by atoms with Crippen LogP contribution >= 0.6 is 0 Å². The van der Waals surface area contributed by atoms with E-state index in [0.717, 1.165) is 22.8 Å². The third kappa shape index (κ3) is 1.66. The number of rotatable bonds is 3. The van der Waals surface area contributed by atoms with E-state index in [2.05, 4.69) is 10.2 Å². The number of nitrogens with zero attached hydrogens (tertiary/aromatic N) is 1. The molecule has 5 nitrogen and oxygen atoms in total. The van der Waals surface area contributed by atoms with Crippen molar-refractivity contribution in [2.24, 2.45) is 0 Å². The van der Waals surface area contributed by atoms with Crippen molar-refractivity contribution in [3.63, 3.8) is 0 Å². The third-order valence-electron chi connectivity index (χ3n) is 4.88. The van der Waals surface area contributed by atoms with Gasteiger partial charge in [-0.3, -0.25) is 5.10 Å². The van der Waals surface area contributed by atoms with Gasteiger partial charge in [0.1, 0.15) is 17.3 Å². The van der Waals surface area contributed by atoms with Crippen LogP contribution in [0.3, 0.4) is 0 Å². The molecule has 2 unspecified atom stereocenters. The summed E-state index contributed by atoms with van der Waals surface area (Å²) in [5, 5.41) is 6.99. The Hall–Kier alpha value is -2.17. The van der Waals surface area contributed by atoms with Crippen LogP contribution in [-0.2, 0) is 0 Å². The lowest BCUT2D eigenvalue weighted by atomic mass is 9.88. The summed E-state index contributed by atoms with van der Waals surface area (Å²) in [5.41, 5.74) is 10.3. The summed E-state index contributed by atoms with van der Waals surface area (Å²) in [5.74, 6) is 3.60. The maximum Gasteiger partial charge on any atom is 0.145 e. The molecule has 1 saturated carbocycles. The molecule has 1 aromatic heterocycles. The van der Waals surface area contributed by atoms with Crippen LogP contribution in [0.5, 0.6) is 11.5 Å². The van der Waals surface area contributed by atoms with E-state index in [9.17, 15) is 0 Å². The summed E-state index contributed by atoms with van der Waals surface area (Å²) in [6, 6.07) is 3.88. The molecule has 1 fully saturated rings. The van der Waals surface area contributed by atoms with E-state index in [1.807, 2.05) is 12.1 Å². The molecule has 0 amide bonds. The summed E-state index contributed by atoms with van der Waals surface area (Å²) < 4.78 is 11.4. The molecule has 3 N–H and O–H groups in total. The molecular formula is C16H19N3O2. The lowest BCUT2D eigenvalue weighted by molar-refractivity contribution is 0.392. The van der Waals surface area contributed by atoms with Crippen molar-refractivity contribution in [1.82, 2.24) is 10.2 Å². The van der Waals surface area contributed by atoms with Crippen LogP contribution in [0, 0.1) is 0 Å². The summed E-state index contributed by atoms with van der Waals surface area (Å²) in [4.78, 5) is 0. The topological polar surface area (TPSA) is 73.2 Å². The first kappa shape index (κ1) is 12.6. The molecule has 2 bridgehead atoms. The Labute approximate surface area is 123 Å². The lowest BCUT2D eigenvalue weighted by Crippen LogP contribution is -2.05. The highest BCUT2D eigenvalue weighted by molar-refractivity contribution is 5.76. The second-order valence-corrected chi connectivity index (χ2v) is 5.90. The Morgan fingerprint density at radius 1 is 1.14 bits per heavy atom. The minimum atomic E-state index is 0.480. The Morgan fingerprint density at radius 3 is 2.52 bits per heavy atom. The van der Waals surface area contributed by atoms with Crippen molar-refractivity contribution in [3.8, 4) is 22.8 Å². The van der Waals surface area contributed by atoms with Gasteiger partial charge in [0.2, 0.25) is 0 Å². The van der Waals surface area contributed by atoms with E-state index in [0.29, 0.717) is 17.7 Å². The summed E-state index contributed by atoms with van der Waals surface area (Å²) >= 11 is 0. The molecule has 0 spiro atoms. The zero-order valence-electron chi connectivity index (χ0n) is 12.3. The molecule has 4 rings (SSSR count). The first-order chi connectivity index (χ1) is 10.2. The van der Waals surface area contributed by atoms with E-state index >= 15 is 0 Å². The molecular weight excluding hydrogens is 266 g/mol. The number of aromatic amines is 1. The normalized spacial score (nSPS) is 22.4. The molecule has 0 saturated heterocycles. The zero-order chi connectivity index (χ0) is 14.6. The van der Waals surface area contributed by atoms with E-state index in [-0.39, 0.29) is 0 Å². The van der Waals surface area contributed by atoms with Crippen molar-refractivity contribution in [2.75, 3.05) is 20.0 Å². The minimum absolute atomic E-state index is 0.480. The summed E-state index contributed by atoms with van der Waals surface area (Å²) in [6.45, 7) is 0. The predicted octanol–water partition coefficient (Wildman–Crippen LogP) is 3.04. The smallest absolute Gasteiger partial charge is 0.145 e. The Kier molecular flexibility index (Phi) is 2.64. The molecule has 110 valence electrons. The average molecular weight is 285 g/mol. The first-order valence-corrected chi connectivity index (χ1v) is 7.33. The molecule has 2 aliphatic carbocycles. The Bertz CT molecular complexity index is 708. The van der Waals surface area contributed by atoms with Crippen molar-refractivity contribution >= 4 is 5.82 Å². The monoisotopic (exact) mass is 285 g/mol. The van der Waals surface area contributed by atoms with Gasteiger partial charge in [-0.15, -0.1) is 0 Å². The van der Waals surface area contributed by atoms with Crippen LogP contribution in [0.2, 0.25) is 0 Å². The van der Waals surface area contributed by atoms with Crippen molar-refractivity contribution in [1.29, 1.82) is 0 Å². The second kappa shape index (κ2) is 4.41. The minimum Gasteiger partial charge on any atom is -0.496 e. The number of ether oxygens (including phenoxy) is 2. The number of H-pyrrole nitrogens is 1. The number of hydrogen-bond acceptors (Lipinski definition) is 4.